The second-order valence-corrected chi connectivity index (χ2v) is 10.1. The van der Waals surface area contributed by atoms with Crippen molar-refractivity contribution in [3.05, 3.63) is 76.1 Å². The van der Waals surface area contributed by atoms with Crippen molar-refractivity contribution in [2.45, 2.75) is 43.4 Å². The summed E-state index contributed by atoms with van der Waals surface area (Å²) >= 11 is 1.65. The minimum absolute atomic E-state index is 0.0181. The number of esters is 1. The Hall–Kier alpha value is -3.23. The molecule has 2 aliphatic rings. The molecule has 38 heavy (non-hydrogen) atoms. The Morgan fingerprint density at radius 2 is 1.71 bits per heavy atom. The van der Waals surface area contributed by atoms with E-state index in [1.54, 1.807) is 26.0 Å². The van der Waals surface area contributed by atoms with Crippen LogP contribution in [0.15, 0.2) is 69.9 Å². The molecule has 7 nitrogen and oxygen atoms in total. The van der Waals surface area contributed by atoms with Crippen LogP contribution < -0.4 is 14.8 Å². The number of Topliss-reactive ketones (excluding diaryl/α,β-unsaturated/α-hetero) is 1. The second-order valence-electron chi connectivity index (χ2n) is 9.24. The van der Waals surface area contributed by atoms with Crippen LogP contribution in [0.3, 0.4) is 0 Å². The van der Waals surface area contributed by atoms with Crippen LogP contribution in [-0.2, 0) is 19.1 Å². The number of allylic oxidation sites excluding steroid dienone is 3. The summed E-state index contributed by atoms with van der Waals surface area (Å²) in [6.07, 6.45) is 2.99. The zero-order valence-corrected chi connectivity index (χ0v) is 23.4. The Bertz CT molecular complexity index is 1250. The quantitative estimate of drug-likeness (QED) is 0.246. The first-order valence-corrected chi connectivity index (χ1v) is 14.0. The molecule has 2 atom stereocenters. The van der Waals surface area contributed by atoms with Crippen LogP contribution in [-0.4, -0.2) is 52.0 Å². The fourth-order valence-corrected chi connectivity index (χ4v) is 5.61. The van der Waals surface area contributed by atoms with E-state index in [0.717, 1.165) is 21.7 Å². The normalized spacial score (nSPS) is 19.1. The number of hydrogen-bond donors (Lipinski definition) is 1. The van der Waals surface area contributed by atoms with E-state index in [2.05, 4.69) is 5.32 Å². The topological polar surface area (TPSA) is 83.1 Å². The van der Waals surface area contributed by atoms with Gasteiger partial charge in [-0.1, -0.05) is 18.2 Å². The lowest BCUT2D eigenvalue weighted by atomic mass is 9.71. The Morgan fingerprint density at radius 3 is 2.37 bits per heavy atom. The number of carbonyl (C=O) groups excluding carboxylic acids is 2. The van der Waals surface area contributed by atoms with E-state index in [-0.39, 0.29) is 18.3 Å². The Labute approximate surface area is 228 Å². The lowest BCUT2D eigenvalue weighted by Gasteiger charge is -2.36. The minimum Gasteiger partial charge on any atom is -0.493 e. The van der Waals surface area contributed by atoms with E-state index in [0.29, 0.717) is 54.4 Å². The van der Waals surface area contributed by atoms with Crippen LogP contribution >= 0.6 is 11.8 Å². The van der Waals surface area contributed by atoms with Gasteiger partial charge in [0.05, 0.1) is 26.4 Å². The molecule has 0 unspecified atom stereocenters. The fourth-order valence-electron chi connectivity index (χ4n) is 5.20. The molecule has 8 heteroatoms. The number of carbonyl (C=O) groups is 2. The predicted octanol–water partition coefficient (Wildman–Crippen LogP) is 5.37. The van der Waals surface area contributed by atoms with Crippen molar-refractivity contribution in [3.63, 3.8) is 0 Å². The third-order valence-corrected chi connectivity index (χ3v) is 7.78. The molecule has 0 saturated heterocycles. The molecule has 1 aliphatic heterocycles. The number of hydrogen-bond acceptors (Lipinski definition) is 8. The van der Waals surface area contributed by atoms with Gasteiger partial charge in [0.2, 0.25) is 0 Å². The maximum absolute atomic E-state index is 13.8. The number of dihydropyridines is 1. The average molecular weight is 538 g/mol. The second kappa shape index (κ2) is 12.5. The number of ketones is 1. The van der Waals surface area contributed by atoms with E-state index in [4.69, 9.17) is 18.9 Å². The zero-order chi connectivity index (χ0) is 27.2. The van der Waals surface area contributed by atoms with Crippen molar-refractivity contribution in [1.82, 2.24) is 5.32 Å². The van der Waals surface area contributed by atoms with E-state index in [9.17, 15) is 9.59 Å². The van der Waals surface area contributed by atoms with Crippen LogP contribution in [0, 0.1) is 0 Å². The molecular formula is C30H35NO6S. The van der Waals surface area contributed by atoms with E-state index in [1.807, 2.05) is 62.6 Å². The first-order chi connectivity index (χ1) is 18.4. The number of benzene rings is 2. The van der Waals surface area contributed by atoms with Gasteiger partial charge in [0.25, 0.3) is 0 Å². The van der Waals surface area contributed by atoms with Crippen LogP contribution in [0.4, 0.5) is 0 Å². The minimum atomic E-state index is -0.499. The van der Waals surface area contributed by atoms with Crippen LogP contribution in [0.5, 0.6) is 11.5 Å². The van der Waals surface area contributed by atoms with E-state index in [1.165, 1.54) is 0 Å². The third kappa shape index (κ3) is 5.76. The highest BCUT2D eigenvalue weighted by atomic mass is 32.2. The fraction of sp³-hybridized carbons (Fsp3) is 0.400. The Morgan fingerprint density at radius 1 is 1.00 bits per heavy atom. The summed E-state index contributed by atoms with van der Waals surface area (Å²) in [6, 6.07) is 13.8. The number of nitrogens with one attached hydrogen (secondary N) is 1. The summed E-state index contributed by atoms with van der Waals surface area (Å²) in [5.41, 5.74) is 4.56. The van der Waals surface area contributed by atoms with Gasteiger partial charge < -0.3 is 24.3 Å². The third-order valence-electron chi connectivity index (χ3n) is 7.04. The Kier molecular flexibility index (Phi) is 9.17. The first-order valence-electron chi connectivity index (χ1n) is 12.8. The van der Waals surface area contributed by atoms with Gasteiger partial charge in [0, 0.05) is 40.8 Å². The summed E-state index contributed by atoms with van der Waals surface area (Å²) in [6.45, 7) is 4.80. The molecule has 2 aromatic rings. The zero-order valence-electron chi connectivity index (χ0n) is 22.6. The van der Waals surface area contributed by atoms with Gasteiger partial charge in [0.1, 0.15) is 6.61 Å². The smallest absolute Gasteiger partial charge is 0.336 e. The van der Waals surface area contributed by atoms with Crippen molar-refractivity contribution in [2.24, 2.45) is 0 Å². The van der Waals surface area contributed by atoms with Gasteiger partial charge in [-0.15, -0.1) is 11.8 Å². The lowest BCUT2D eigenvalue weighted by molar-refractivity contribution is -0.140. The highest BCUT2D eigenvalue weighted by Gasteiger charge is 2.41. The van der Waals surface area contributed by atoms with Gasteiger partial charge >= 0.3 is 5.97 Å². The van der Waals surface area contributed by atoms with E-state index >= 15 is 0 Å². The van der Waals surface area contributed by atoms with Crippen molar-refractivity contribution in [1.29, 1.82) is 0 Å². The largest absolute Gasteiger partial charge is 0.493 e. The Balaban J connectivity index is 1.71. The SMILES string of the molecule is CCOCCOC(=O)C1=C(C)NC2=C(C(=O)C[C@H](c3ccc(OC)c(OC)c3)C2)[C@@H]1c1ccc(SC)cc1. The maximum atomic E-state index is 13.8. The van der Waals surface area contributed by atoms with Gasteiger partial charge in [-0.05, 0) is 67.8 Å². The highest BCUT2D eigenvalue weighted by molar-refractivity contribution is 7.98. The molecule has 0 aromatic heterocycles. The number of rotatable bonds is 10. The maximum Gasteiger partial charge on any atom is 0.336 e. The molecule has 0 saturated carbocycles. The lowest BCUT2D eigenvalue weighted by Crippen LogP contribution is -2.36. The summed E-state index contributed by atoms with van der Waals surface area (Å²) in [4.78, 5) is 28.3. The van der Waals surface area contributed by atoms with Gasteiger partial charge in [-0.25, -0.2) is 4.79 Å². The van der Waals surface area contributed by atoms with Gasteiger partial charge in [-0.2, -0.15) is 0 Å². The molecule has 2 aromatic carbocycles. The number of methoxy groups -OCH3 is 2. The van der Waals surface area contributed by atoms with Crippen LogP contribution in [0.25, 0.3) is 0 Å². The molecule has 0 spiro atoms. The molecule has 0 bridgehead atoms. The van der Waals surface area contributed by atoms with Crippen molar-refractivity contribution in [2.75, 3.05) is 40.3 Å². The summed E-state index contributed by atoms with van der Waals surface area (Å²) in [7, 11) is 3.21. The van der Waals surface area contributed by atoms with Gasteiger partial charge in [0.15, 0.2) is 17.3 Å². The molecule has 1 N–H and O–H groups in total. The molecule has 4 rings (SSSR count). The monoisotopic (exact) mass is 537 g/mol. The summed E-state index contributed by atoms with van der Waals surface area (Å²) in [5, 5.41) is 3.40. The van der Waals surface area contributed by atoms with E-state index < -0.39 is 11.9 Å². The predicted molar refractivity (Wildman–Crippen MR) is 148 cm³/mol. The molecule has 202 valence electrons. The number of thioether (sulfide) groups is 1. The van der Waals surface area contributed by atoms with Crippen molar-refractivity contribution in [3.8, 4) is 11.5 Å². The number of ether oxygens (including phenoxy) is 4. The molecule has 1 heterocycles. The molecule has 0 radical (unpaired) electrons. The summed E-state index contributed by atoms with van der Waals surface area (Å²) in [5.74, 6) is 0.337. The molecule has 0 amide bonds. The van der Waals surface area contributed by atoms with Crippen molar-refractivity contribution >= 4 is 23.5 Å². The molecule has 0 fully saturated rings. The summed E-state index contributed by atoms with van der Waals surface area (Å²) < 4.78 is 21.8. The van der Waals surface area contributed by atoms with Crippen LogP contribution in [0.2, 0.25) is 0 Å². The first kappa shape index (κ1) is 27.8. The van der Waals surface area contributed by atoms with Crippen molar-refractivity contribution < 1.29 is 28.5 Å². The van der Waals surface area contributed by atoms with Gasteiger partial charge in [-0.3, -0.25) is 4.79 Å². The highest BCUT2D eigenvalue weighted by Crippen LogP contribution is 2.46. The average Bonchev–Trinajstić information content (AvgIpc) is 2.94. The molecular weight excluding hydrogens is 502 g/mol. The van der Waals surface area contributed by atoms with Crippen LogP contribution in [0.1, 0.15) is 49.7 Å². The molecule has 1 aliphatic carbocycles. The standard InChI is InChI=1S/C30H35NO6S/c1-6-36-13-14-37-30(33)27-18(2)31-23-15-21(20-9-12-25(34-3)26(17-20)35-4)16-24(32)29(23)28(27)19-7-10-22(38-5)11-8-19/h7-12,17,21,28,31H,6,13-16H2,1-5H3/t21-,28-/m1/s1.